The maximum absolute atomic E-state index is 12.4. The minimum absolute atomic E-state index is 0.0225. The minimum Gasteiger partial charge on any atom is -0.302 e. The number of carbonyl (C=O) groups is 1. The molecule has 1 unspecified atom stereocenters. The first kappa shape index (κ1) is 13.3. The van der Waals surface area contributed by atoms with E-state index in [-0.39, 0.29) is 17.0 Å². The fourth-order valence-corrected chi connectivity index (χ4v) is 1.64. The third-order valence-corrected chi connectivity index (χ3v) is 2.34. The first-order chi connectivity index (χ1) is 7.32. The topological polar surface area (TPSA) is 17.1 Å². The van der Waals surface area contributed by atoms with Crippen molar-refractivity contribution in [2.75, 3.05) is 0 Å². The highest BCUT2D eigenvalue weighted by Gasteiger charge is 2.31. The molecule has 0 aliphatic rings. The zero-order chi connectivity index (χ0) is 12.3. The first-order valence-corrected chi connectivity index (χ1v) is 5.10. The summed E-state index contributed by atoms with van der Waals surface area (Å²) in [5.74, 6) is 0. The Morgan fingerprint density at radius 2 is 1.94 bits per heavy atom. The van der Waals surface area contributed by atoms with Crippen LogP contribution in [-0.4, -0.2) is 11.7 Å². The number of hydrogen-bond donors (Lipinski definition) is 0. The van der Waals surface area contributed by atoms with E-state index in [1.165, 1.54) is 6.07 Å². The molecule has 1 atom stereocenters. The highest BCUT2D eigenvalue weighted by molar-refractivity contribution is 6.30. The number of benzene rings is 1. The van der Waals surface area contributed by atoms with Crippen LogP contribution in [0.4, 0.5) is 13.2 Å². The molecular weight excluding hydrogens is 264 g/mol. The van der Waals surface area contributed by atoms with Gasteiger partial charge in [0, 0.05) is 5.02 Å². The second-order valence-electron chi connectivity index (χ2n) is 3.20. The van der Waals surface area contributed by atoms with Crippen LogP contribution in [0.15, 0.2) is 18.2 Å². The monoisotopic (exact) mass is 270 g/mol. The second-order valence-corrected chi connectivity index (χ2v) is 4.20. The summed E-state index contributed by atoms with van der Waals surface area (Å²) < 4.78 is 37.2. The van der Waals surface area contributed by atoms with Crippen molar-refractivity contribution in [1.29, 1.82) is 0 Å². The average Bonchev–Trinajstić information content (AvgIpc) is 2.15. The van der Waals surface area contributed by atoms with E-state index in [0.29, 0.717) is 6.29 Å². The molecule has 0 radical (unpaired) electrons. The molecule has 0 aliphatic heterocycles. The number of halogens is 5. The van der Waals surface area contributed by atoms with E-state index in [1.807, 2.05) is 0 Å². The van der Waals surface area contributed by atoms with Crippen molar-refractivity contribution < 1.29 is 18.0 Å². The van der Waals surface area contributed by atoms with Gasteiger partial charge in [0.15, 0.2) is 0 Å². The molecule has 16 heavy (non-hydrogen) atoms. The molecule has 0 amide bonds. The lowest BCUT2D eigenvalue weighted by atomic mass is 10.1. The van der Waals surface area contributed by atoms with Crippen LogP contribution >= 0.6 is 23.2 Å². The molecule has 0 N–H and O–H groups in total. The van der Waals surface area contributed by atoms with Crippen LogP contribution < -0.4 is 0 Å². The van der Waals surface area contributed by atoms with Crippen LogP contribution in [0, 0.1) is 0 Å². The normalized spacial score (nSPS) is 13.6. The summed E-state index contributed by atoms with van der Waals surface area (Å²) in [6.07, 6.45) is -3.97. The van der Waals surface area contributed by atoms with Crippen molar-refractivity contribution in [3.8, 4) is 0 Å². The van der Waals surface area contributed by atoms with Crippen molar-refractivity contribution in [3.63, 3.8) is 0 Å². The third-order valence-electron chi connectivity index (χ3n) is 1.86. The van der Waals surface area contributed by atoms with Crippen LogP contribution in [0.3, 0.4) is 0 Å². The Kier molecular flexibility index (Phi) is 4.21. The number of carbonyl (C=O) groups excluding carboxylic acids is 1. The molecule has 0 spiro atoms. The average molecular weight is 271 g/mol. The van der Waals surface area contributed by atoms with E-state index in [9.17, 15) is 18.0 Å². The standard InChI is InChI=1S/C10H7Cl2F3O/c11-8-2-6(3-9(12)5-16)1-7(4-8)10(13,14)15/h1-2,4-5,9H,3H2. The van der Waals surface area contributed by atoms with Gasteiger partial charge in [-0.3, -0.25) is 0 Å². The van der Waals surface area contributed by atoms with Gasteiger partial charge in [-0.1, -0.05) is 11.6 Å². The predicted octanol–water partition coefficient (Wildman–Crippen LogP) is 3.71. The molecule has 0 saturated carbocycles. The number of aldehydes is 1. The molecule has 0 fully saturated rings. The van der Waals surface area contributed by atoms with Crippen LogP contribution in [0.5, 0.6) is 0 Å². The van der Waals surface area contributed by atoms with E-state index in [0.717, 1.165) is 12.1 Å². The lowest BCUT2D eigenvalue weighted by molar-refractivity contribution is -0.137. The van der Waals surface area contributed by atoms with Gasteiger partial charge in [0.25, 0.3) is 0 Å². The molecule has 0 heterocycles. The van der Waals surface area contributed by atoms with Crippen LogP contribution in [0.2, 0.25) is 5.02 Å². The van der Waals surface area contributed by atoms with Gasteiger partial charge in [-0.2, -0.15) is 13.2 Å². The highest BCUT2D eigenvalue weighted by atomic mass is 35.5. The molecule has 0 aromatic heterocycles. The summed E-state index contributed by atoms with van der Waals surface area (Å²) in [4.78, 5) is 10.3. The summed E-state index contributed by atoms with van der Waals surface area (Å²) >= 11 is 11.1. The van der Waals surface area contributed by atoms with E-state index in [4.69, 9.17) is 23.2 Å². The Labute approximate surface area is 100 Å². The van der Waals surface area contributed by atoms with Crippen molar-refractivity contribution in [2.45, 2.75) is 18.0 Å². The molecule has 1 rings (SSSR count). The van der Waals surface area contributed by atoms with E-state index >= 15 is 0 Å². The first-order valence-electron chi connectivity index (χ1n) is 4.29. The number of hydrogen-bond acceptors (Lipinski definition) is 1. The van der Waals surface area contributed by atoms with Crippen molar-refractivity contribution in [3.05, 3.63) is 34.3 Å². The van der Waals surface area contributed by atoms with E-state index in [2.05, 4.69) is 0 Å². The van der Waals surface area contributed by atoms with Crippen molar-refractivity contribution in [2.24, 2.45) is 0 Å². The molecule has 88 valence electrons. The SMILES string of the molecule is O=CC(Cl)Cc1cc(Cl)cc(C(F)(F)F)c1. The maximum Gasteiger partial charge on any atom is 0.416 e. The third kappa shape index (κ3) is 3.68. The van der Waals surface area contributed by atoms with E-state index in [1.54, 1.807) is 0 Å². The fraction of sp³-hybridized carbons (Fsp3) is 0.300. The van der Waals surface area contributed by atoms with Crippen LogP contribution in [0.25, 0.3) is 0 Å². The smallest absolute Gasteiger partial charge is 0.302 e. The predicted molar refractivity (Wildman–Crippen MR) is 55.9 cm³/mol. The molecule has 1 nitrogen and oxygen atoms in total. The zero-order valence-corrected chi connectivity index (χ0v) is 9.40. The number of rotatable bonds is 3. The Morgan fingerprint density at radius 3 is 2.44 bits per heavy atom. The molecule has 0 bridgehead atoms. The maximum atomic E-state index is 12.4. The fourth-order valence-electron chi connectivity index (χ4n) is 1.21. The Hall–Kier alpha value is -0.740. The Balaban J connectivity index is 3.03. The quantitative estimate of drug-likeness (QED) is 0.605. The lowest BCUT2D eigenvalue weighted by Crippen LogP contribution is -2.08. The van der Waals surface area contributed by atoms with Gasteiger partial charge >= 0.3 is 6.18 Å². The molecule has 1 aromatic rings. The van der Waals surface area contributed by atoms with Gasteiger partial charge in [-0.25, -0.2) is 0 Å². The van der Waals surface area contributed by atoms with Gasteiger partial charge < -0.3 is 4.79 Å². The molecule has 0 aliphatic carbocycles. The van der Waals surface area contributed by atoms with Gasteiger partial charge in [0.05, 0.1) is 10.9 Å². The van der Waals surface area contributed by atoms with Crippen molar-refractivity contribution in [1.82, 2.24) is 0 Å². The summed E-state index contributed by atoms with van der Waals surface area (Å²) in [5, 5.41) is -0.876. The molecular formula is C10H7Cl2F3O. The van der Waals surface area contributed by atoms with Gasteiger partial charge in [-0.05, 0) is 30.2 Å². The molecule has 0 saturated heterocycles. The molecule has 6 heteroatoms. The molecule has 1 aromatic carbocycles. The highest BCUT2D eigenvalue weighted by Crippen LogP contribution is 2.32. The van der Waals surface area contributed by atoms with Gasteiger partial charge in [0.1, 0.15) is 6.29 Å². The van der Waals surface area contributed by atoms with Crippen LogP contribution in [-0.2, 0) is 17.4 Å². The lowest BCUT2D eigenvalue weighted by Gasteiger charge is -2.10. The summed E-state index contributed by atoms with van der Waals surface area (Å²) in [5.41, 5.74) is -0.559. The van der Waals surface area contributed by atoms with Crippen LogP contribution in [0.1, 0.15) is 11.1 Å². The number of alkyl halides is 4. The minimum atomic E-state index is -4.46. The summed E-state index contributed by atoms with van der Waals surface area (Å²) in [6, 6.07) is 3.12. The Morgan fingerprint density at radius 1 is 1.31 bits per heavy atom. The zero-order valence-electron chi connectivity index (χ0n) is 7.89. The summed E-state index contributed by atoms with van der Waals surface area (Å²) in [7, 11) is 0. The second kappa shape index (κ2) is 5.06. The van der Waals surface area contributed by atoms with Crippen molar-refractivity contribution >= 4 is 29.5 Å². The van der Waals surface area contributed by atoms with E-state index < -0.39 is 17.1 Å². The summed E-state index contributed by atoms with van der Waals surface area (Å²) in [6.45, 7) is 0. The van der Waals surface area contributed by atoms with Gasteiger partial charge in [-0.15, -0.1) is 11.6 Å². The largest absolute Gasteiger partial charge is 0.416 e. The van der Waals surface area contributed by atoms with Gasteiger partial charge in [0.2, 0.25) is 0 Å². The Bertz CT molecular complexity index is 390.